The molecule has 0 saturated carbocycles. The molecule has 0 aromatic heterocycles. The Morgan fingerprint density at radius 3 is 1.51 bits per heavy atom. The van der Waals surface area contributed by atoms with Gasteiger partial charge in [0, 0.05) is 6.42 Å². The first-order chi connectivity index (χ1) is 28.5. The van der Waals surface area contributed by atoms with E-state index in [1.807, 2.05) is 27.2 Å². The van der Waals surface area contributed by atoms with Crippen molar-refractivity contribution in [3.05, 3.63) is 72.9 Å². The third-order valence-electron chi connectivity index (χ3n) is 10.2. The van der Waals surface area contributed by atoms with E-state index in [0.29, 0.717) is 23.9 Å². The molecule has 0 aliphatic carbocycles. The SMILES string of the molecule is CC/C=C\C/C=C\C/C=C\C/C=C\C/C=C\CCCCCC(=O)NC(COP(=O)([O-])OCC[N+](C)(C)C)C(O)/C=C/CCCCCCCCCCCCCCCCCC. The summed E-state index contributed by atoms with van der Waals surface area (Å²) in [6.45, 7) is 4.50. The maximum Gasteiger partial charge on any atom is 0.268 e. The number of phosphoric ester groups is 1. The Morgan fingerprint density at radius 2 is 1.03 bits per heavy atom. The van der Waals surface area contributed by atoms with Crippen LogP contribution in [0, 0.1) is 0 Å². The summed E-state index contributed by atoms with van der Waals surface area (Å²) >= 11 is 0. The van der Waals surface area contributed by atoms with Crippen LogP contribution >= 0.6 is 7.82 Å². The van der Waals surface area contributed by atoms with E-state index in [0.717, 1.165) is 70.6 Å². The molecular formula is C50H91N2O6P. The molecule has 1 amide bonds. The summed E-state index contributed by atoms with van der Waals surface area (Å²) in [7, 11) is 1.23. The van der Waals surface area contributed by atoms with Crippen molar-refractivity contribution in [1.82, 2.24) is 5.32 Å². The van der Waals surface area contributed by atoms with Crippen molar-refractivity contribution in [2.75, 3.05) is 40.9 Å². The smallest absolute Gasteiger partial charge is 0.268 e. The molecule has 59 heavy (non-hydrogen) atoms. The van der Waals surface area contributed by atoms with E-state index in [-0.39, 0.29) is 12.5 Å². The van der Waals surface area contributed by atoms with Gasteiger partial charge in [0.15, 0.2) is 0 Å². The molecule has 3 unspecified atom stereocenters. The predicted octanol–water partition coefficient (Wildman–Crippen LogP) is 12.9. The second-order valence-corrected chi connectivity index (χ2v) is 18.5. The van der Waals surface area contributed by atoms with Crippen LogP contribution in [0.5, 0.6) is 0 Å². The summed E-state index contributed by atoms with van der Waals surface area (Å²) in [6, 6.07) is -0.907. The number of phosphoric acid groups is 1. The molecule has 0 heterocycles. The minimum absolute atomic E-state index is 0.0112. The molecular weight excluding hydrogens is 756 g/mol. The molecule has 0 saturated heterocycles. The lowest BCUT2D eigenvalue weighted by Gasteiger charge is -2.29. The molecule has 3 atom stereocenters. The number of carbonyl (C=O) groups is 1. The van der Waals surface area contributed by atoms with E-state index in [2.05, 4.69) is 79.9 Å². The van der Waals surface area contributed by atoms with Gasteiger partial charge >= 0.3 is 0 Å². The molecule has 0 aliphatic heterocycles. The van der Waals surface area contributed by atoms with Crippen LogP contribution in [-0.2, 0) is 18.4 Å². The summed E-state index contributed by atoms with van der Waals surface area (Å²) in [4.78, 5) is 25.3. The fourth-order valence-corrected chi connectivity index (χ4v) is 7.14. The number of unbranched alkanes of at least 4 members (excludes halogenated alkanes) is 19. The second-order valence-electron chi connectivity index (χ2n) is 17.1. The number of nitrogens with zero attached hydrogens (tertiary/aromatic N) is 1. The van der Waals surface area contributed by atoms with E-state index < -0.39 is 26.6 Å². The quantitative estimate of drug-likeness (QED) is 0.0274. The largest absolute Gasteiger partial charge is 0.756 e. The summed E-state index contributed by atoms with van der Waals surface area (Å²) < 4.78 is 23.2. The van der Waals surface area contributed by atoms with Gasteiger partial charge in [0.2, 0.25) is 5.91 Å². The summed E-state index contributed by atoms with van der Waals surface area (Å²) in [5, 5.41) is 13.8. The Morgan fingerprint density at radius 1 is 0.610 bits per heavy atom. The molecule has 0 aromatic rings. The van der Waals surface area contributed by atoms with Crippen LogP contribution in [0.1, 0.15) is 187 Å². The minimum Gasteiger partial charge on any atom is -0.756 e. The van der Waals surface area contributed by atoms with Gasteiger partial charge in [-0.25, -0.2) is 0 Å². The standard InChI is InChI=1S/C50H91N2O6P/c1-6-8-10-12-14-16-18-20-22-24-26-28-30-32-34-36-38-40-42-44-50(54)51-48(47-58-59(55,56)57-46-45-52(3,4)5)49(53)43-41-39-37-35-33-31-29-27-25-23-21-19-17-15-13-11-9-7-2/h8,10,14,16,20,22,26,28,32,34,41,43,48-49,53H,6-7,9,11-13,15,17-19,21,23-25,27,29-31,33,35-40,42,44-47H2,1-5H3,(H-,51,54,55,56)/b10-8-,16-14-,22-20-,28-26-,34-32-,43-41+. The lowest BCUT2D eigenvalue weighted by atomic mass is 10.0. The van der Waals surface area contributed by atoms with Crippen LogP contribution in [0.3, 0.4) is 0 Å². The van der Waals surface area contributed by atoms with E-state index in [9.17, 15) is 19.4 Å². The Hall–Kier alpha value is -2.06. The van der Waals surface area contributed by atoms with Crippen LogP contribution in [0.15, 0.2) is 72.9 Å². The van der Waals surface area contributed by atoms with Crippen molar-refractivity contribution >= 4 is 13.7 Å². The van der Waals surface area contributed by atoms with Gasteiger partial charge in [0.1, 0.15) is 13.2 Å². The molecule has 0 aliphatic rings. The Bertz CT molecular complexity index is 1190. The second kappa shape index (κ2) is 41.3. The van der Waals surface area contributed by atoms with Crippen molar-refractivity contribution in [2.24, 2.45) is 0 Å². The number of allylic oxidation sites excluding steroid dienone is 11. The normalized spacial score (nSPS) is 14.9. The topological polar surface area (TPSA) is 108 Å². The van der Waals surface area contributed by atoms with Gasteiger partial charge in [0.25, 0.3) is 7.82 Å². The molecule has 9 heteroatoms. The van der Waals surface area contributed by atoms with Crippen molar-refractivity contribution in [3.63, 3.8) is 0 Å². The first-order valence-electron chi connectivity index (χ1n) is 23.8. The van der Waals surface area contributed by atoms with Crippen LogP contribution < -0.4 is 10.2 Å². The molecule has 0 rings (SSSR count). The summed E-state index contributed by atoms with van der Waals surface area (Å²) in [5.41, 5.74) is 0. The third-order valence-corrected chi connectivity index (χ3v) is 11.1. The monoisotopic (exact) mass is 847 g/mol. The molecule has 8 nitrogen and oxygen atoms in total. The molecule has 0 bridgehead atoms. The minimum atomic E-state index is -4.60. The van der Waals surface area contributed by atoms with E-state index >= 15 is 0 Å². The third kappa shape index (κ3) is 43.8. The maximum atomic E-state index is 12.9. The highest BCUT2D eigenvalue weighted by Gasteiger charge is 2.23. The molecule has 0 fully saturated rings. The Labute approximate surface area is 364 Å². The Balaban J connectivity index is 4.47. The van der Waals surface area contributed by atoms with Crippen molar-refractivity contribution in [3.8, 4) is 0 Å². The first kappa shape index (κ1) is 56.9. The van der Waals surface area contributed by atoms with Crippen molar-refractivity contribution in [2.45, 2.75) is 199 Å². The molecule has 0 spiro atoms. The summed E-state index contributed by atoms with van der Waals surface area (Å²) in [6.07, 6.45) is 55.2. The van der Waals surface area contributed by atoms with Crippen molar-refractivity contribution in [1.29, 1.82) is 0 Å². The number of hydrogen-bond acceptors (Lipinski definition) is 6. The average molecular weight is 847 g/mol. The number of nitrogens with one attached hydrogen (secondary N) is 1. The number of likely N-dealkylation sites (N-methyl/N-ethyl adjacent to an activating group) is 1. The molecule has 2 N–H and O–H groups in total. The molecule has 0 radical (unpaired) electrons. The van der Waals surface area contributed by atoms with Gasteiger partial charge in [0.05, 0.1) is 39.9 Å². The van der Waals surface area contributed by atoms with Gasteiger partial charge < -0.3 is 28.8 Å². The zero-order chi connectivity index (χ0) is 43.6. The van der Waals surface area contributed by atoms with Gasteiger partial charge in [-0.05, 0) is 64.2 Å². The van der Waals surface area contributed by atoms with E-state index in [1.54, 1.807) is 6.08 Å². The molecule has 342 valence electrons. The van der Waals surface area contributed by atoms with Gasteiger partial charge in [-0.2, -0.15) is 0 Å². The average Bonchev–Trinajstić information content (AvgIpc) is 3.19. The van der Waals surface area contributed by atoms with E-state index in [4.69, 9.17) is 9.05 Å². The Kier molecular flexibility index (Phi) is 39.9. The number of amides is 1. The van der Waals surface area contributed by atoms with Crippen LogP contribution in [-0.4, -0.2) is 68.5 Å². The highest BCUT2D eigenvalue weighted by Crippen LogP contribution is 2.38. The summed E-state index contributed by atoms with van der Waals surface area (Å²) in [5.74, 6) is -0.231. The number of rotatable bonds is 42. The van der Waals surface area contributed by atoms with Gasteiger partial charge in [-0.1, -0.05) is 189 Å². The number of aliphatic hydroxyl groups is 1. The fraction of sp³-hybridized carbons (Fsp3) is 0.740. The fourth-order valence-electron chi connectivity index (χ4n) is 6.41. The number of hydrogen-bond donors (Lipinski definition) is 2. The number of aliphatic hydroxyl groups excluding tert-OH is 1. The van der Waals surface area contributed by atoms with E-state index in [1.165, 1.54) is 89.9 Å². The zero-order valence-corrected chi connectivity index (χ0v) is 39.6. The zero-order valence-electron chi connectivity index (χ0n) is 38.7. The van der Waals surface area contributed by atoms with Crippen molar-refractivity contribution < 1.29 is 32.9 Å². The lowest BCUT2D eigenvalue weighted by Crippen LogP contribution is -2.45. The first-order valence-corrected chi connectivity index (χ1v) is 25.3. The predicted molar refractivity (Wildman–Crippen MR) is 251 cm³/mol. The van der Waals surface area contributed by atoms with Crippen LogP contribution in [0.25, 0.3) is 0 Å². The maximum absolute atomic E-state index is 12.9. The highest BCUT2D eigenvalue weighted by atomic mass is 31.2. The van der Waals surface area contributed by atoms with Gasteiger partial charge in [-0.3, -0.25) is 9.36 Å². The number of carbonyl (C=O) groups excluding carboxylic acids is 1. The highest BCUT2D eigenvalue weighted by molar-refractivity contribution is 7.45. The lowest BCUT2D eigenvalue weighted by molar-refractivity contribution is -0.870. The van der Waals surface area contributed by atoms with Gasteiger partial charge in [-0.15, -0.1) is 0 Å². The number of quaternary nitrogens is 1. The van der Waals surface area contributed by atoms with Crippen LogP contribution in [0.4, 0.5) is 0 Å². The molecule has 0 aromatic carbocycles. The van der Waals surface area contributed by atoms with Crippen LogP contribution in [0.2, 0.25) is 0 Å².